The minimum absolute atomic E-state index is 0.226. The molecule has 0 spiro atoms. The second-order valence-corrected chi connectivity index (χ2v) is 4.39. The average Bonchev–Trinajstić information content (AvgIpc) is 3.16. The predicted octanol–water partition coefficient (Wildman–Crippen LogP) is 0.361. The van der Waals surface area contributed by atoms with E-state index < -0.39 is 17.4 Å². The molecule has 0 saturated heterocycles. The SMILES string of the molecule is CCNC(=O)C(=O)NC[C@@](O)(c1ccoc1)c1ccco1. The zero-order chi connectivity index (χ0) is 15.3. The van der Waals surface area contributed by atoms with Gasteiger partial charge in [0.2, 0.25) is 0 Å². The molecule has 112 valence electrons. The van der Waals surface area contributed by atoms with Crippen LogP contribution >= 0.6 is 0 Å². The van der Waals surface area contributed by atoms with Gasteiger partial charge in [-0.1, -0.05) is 0 Å². The van der Waals surface area contributed by atoms with Crippen LogP contribution in [0.15, 0.2) is 45.8 Å². The molecule has 7 nitrogen and oxygen atoms in total. The van der Waals surface area contributed by atoms with Gasteiger partial charge in [0.05, 0.1) is 25.3 Å². The maximum absolute atomic E-state index is 11.6. The number of furan rings is 2. The van der Waals surface area contributed by atoms with Gasteiger partial charge in [0.1, 0.15) is 5.76 Å². The Bertz CT molecular complexity index is 555. The summed E-state index contributed by atoms with van der Waals surface area (Å²) in [6, 6.07) is 4.75. The molecule has 2 aromatic heterocycles. The number of carbonyl (C=O) groups is 2. The lowest BCUT2D eigenvalue weighted by atomic mass is 9.93. The van der Waals surface area contributed by atoms with Gasteiger partial charge < -0.3 is 24.6 Å². The lowest BCUT2D eigenvalue weighted by Crippen LogP contribution is -2.46. The molecule has 2 aromatic rings. The van der Waals surface area contributed by atoms with E-state index in [0.29, 0.717) is 12.1 Å². The van der Waals surface area contributed by atoms with Gasteiger partial charge in [-0.25, -0.2) is 0 Å². The Balaban J connectivity index is 2.15. The molecule has 2 amide bonds. The summed E-state index contributed by atoms with van der Waals surface area (Å²) in [5, 5.41) is 15.6. The predicted molar refractivity (Wildman–Crippen MR) is 72.1 cm³/mol. The average molecular weight is 292 g/mol. The highest BCUT2D eigenvalue weighted by atomic mass is 16.4. The highest BCUT2D eigenvalue weighted by Crippen LogP contribution is 2.29. The standard InChI is InChI=1S/C14H16N2O5/c1-2-15-12(17)13(18)16-9-14(19,10-5-7-20-8-10)11-4-3-6-21-11/h3-8,19H,2,9H2,1H3,(H,15,17)(H,16,18)/t14-/m1/s1. The topological polar surface area (TPSA) is 105 Å². The summed E-state index contributed by atoms with van der Waals surface area (Å²) < 4.78 is 10.2. The maximum atomic E-state index is 11.6. The van der Waals surface area contributed by atoms with Crippen LogP contribution in [0.2, 0.25) is 0 Å². The van der Waals surface area contributed by atoms with E-state index in [9.17, 15) is 14.7 Å². The van der Waals surface area contributed by atoms with Crippen molar-refractivity contribution < 1.29 is 23.5 Å². The van der Waals surface area contributed by atoms with Crippen molar-refractivity contribution in [1.29, 1.82) is 0 Å². The molecule has 21 heavy (non-hydrogen) atoms. The molecule has 0 radical (unpaired) electrons. The highest BCUT2D eigenvalue weighted by Gasteiger charge is 2.36. The lowest BCUT2D eigenvalue weighted by molar-refractivity contribution is -0.139. The summed E-state index contributed by atoms with van der Waals surface area (Å²) in [6.45, 7) is 1.82. The van der Waals surface area contributed by atoms with Gasteiger partial charge in [-0.3, -0.25) is 9.59 Å². The molecule has 0 aliphatic carbocycles. The molecule has 0 aliphatic heterocycles. The number of likely N-dealkylation sites (N-methyl/N-ethyl adjacent to an activating group) is 1. The van der Waals surface area contributed by atoms with Crippen molar-refractivity contribution in [2.24, 2.45) is 0 Å². The van der Waals surface area contributed by atoms with Gasteiger partial charge in [-0.15, -0.1) is 0 Å². The molecule has 3 N–H and O–H groups in total. The van der Waals surface area contributed by atoms with Gasteiger partial charge in [-0.2, -0.15) is 0 Å². The van der Waals surface area contributed by atoms with Gasteiger partial charge >= 0.3 is 11.8 Å². The second kappa shape index (κ2) is 6.27. The Kier molecular flexibility index (Phi) is 4.44. The van der Waals surface area contributed by atoms with E-state index in [1.165, 1.54) is 18.8 Å². The third-order valence-corrected chi connectivity index (χ3v) is 2.98. The minimum atomic E-state index is -1.61. The van der Waals surface area contributed by atoms with Crippen LogP contribution in [0.5, 0.6) is 0 Å². The second-order valence-electron chi connectivity index (χ2n) is 4.39. The summed E-state index contributed by atoms with van der Waals surface area (Å²) in [6.07, 6.45) is 4.15. The third-order valence-electron chi connectivity index (χ3n) is 2.98. The van der Waals surface area contributed by atoms with Crippen molar-refractivity contribution in [3.63, 3.8) is 0 Å². The Morgan fingerprint density at radius 1 is 1.24 bits per heavy atom. The number of rotatable bonds is 5. The number of aliphatic hydroxyl groups is 1. The fraction of sp³-hybridized carbons (Fsp3) is 0.286. The molecule has 0 bridgehead atoms. The molecule has 0 unspecified atom stereocenters. The van der Waals surface area contributed by atoms with Crippen LogP contribution < -0.4 is 10.6 Å². The van der Waals surface area contributed by atoms with Crippen LogP contribution in [0.25, 0.3) is 0 Å². The molecule has 1 atom stereocenters. The van der Waals surface area contributed by atoms with Crippen LogP contribution in [0, 0.1) is 0 Å². The fourth-order valence-corrected chi connectivity index (χ4v) is 1.87. The van der Waals surface area contributed by atoms with E-state index in [1.807, 2.05) is 0 Å². The van der Waals surface area contributed by atoms with Crippen molar-refractivity contribution in [3.05, 3.63) is 48.3 Å². The largest absolute Gasteiger partial charge is 0.472 e. The quantitative estimate of drug-likeness (QED) is 0.690. The third kappa shape index (κ3) is 3.14. The van der Waals surface area contributed by atoms with Gasteiger partial charge in [0, 0.05) is 12.1 Å². The van der Waals surface area contributed by atoms with Gasteiger partial charge in [-0.05, 0) is 25.1 Å². The summed E-state index contributed by atoms with van der Waals surface area (Å²) in [5.74, 6) is -1.35. The van der Waals surface area contributed by atoms with Crippen LogP contribution in [0.3, 0.4) is 0 Å². The van der Waals surface area contributed by atoms with E-state index in [-0.39, 0.29) is 12.3 Å². The van der Waals surface area contributed by atoms with E-state index in [2.05, 4.69) is 10.6 Å². The van der Waals surface area contributed by atoms with E-state index in [1.54, 1.807) is 25.1 Å². The summed E-state index contributed by atoms with van der Waals surface area (Å²) in [7, 11) is 0. The number of nitrogens with one attached hydrogen (secondary N) is 2. The van der Waals surface area contributed by atoms with E-state index in [0.717, 1.165) is 0 Å². The van der Waals surface area contributed by atoms with Crippen molar-refractivity contribution >= 4 is 11.8 Å². The Morgan fingerprint density at radius 3 is 2.57 bits per heavy atom. The van der Waals surface area contributed by atoms with Gasteiger partial charge in [0.25, 0.3) is 0 Å². The highest BCUT2D eigenvalue weighted by molar-refractivity contribution is 6.35. The zero-order valence-electron chi connectivity index (χ0n) is 11.5. The smallest absolute Gasteiger partial charge is 0.309 e. The maximum Gasteiger partial charge on any atom is 0.309 e. The zero-order valence-corrected chi connectivity index (χ0v) is 11.5. The first-order chi connectivity index (χ1) is 10.1. The number of carbonyl (C=O) groups excluding carboxylic acids is 2. The van der Waals surface area contributed by atoms with E-state index >= 15 is 0 Å². The Hall–Kier alpha value is -2.54. The molecule has 0 aromatic carbocycles. The van der Waals surface area contributed by atoms with Crippen LogP contribution in [-0.2, 0) is 15.2 Å². The van der Waals surface area contributed by atoms with Crippen molar-refractivity contribution in [2.45, 2.75) is 12.5 Å². The van der Waals surface area contributed by atoms with Gasteiger partial charge in [0.15, 0.2) is 5.60 Å². The summed E-state index contributed by atoms with van der Waals surface area (Å²) in [5.41, 5.74) is -1.20. The molecule has 2 heterocycles. The number of hydrogen-bond donors (Lipinski definition) is 3. The van der Waals surface area contributed by atoms with Crippen LogP contribution in [0.1, 0.15) is 18.2 Å². The molecule has 0 fully saturated rings. The lowest BCUT2D eigenvalue weighted by Gasteiger charge is -2.25. The Morgan fingerprint density at radius 2 is 2.00 bits per heavy atom. The number of hydrogen-bond acceptors (Lipinski definition) is 5. The van der Waals surface area contributed by atoms with Crippen molar-refractivity contribution in [2.75, 3.05) is 13.1 Å². The number of amides is 2. The molecular formula is C14H16N2O5. The summed E-state index contributed by atoms with van der Waals surface area (Å²) >= 11 is 0. The van der Waals surface area contributed by atoms with Crippen molar-refractivity contribution in [1.82, 2.24) is 10.6 Å². The van der Waals surface area contributed by atoms with Crippen LogP contribution in [0.4, 0.5) is 0 Å². The molecule has 0 aliphatic rings. The monoisotopic (exact) mass is 292 g/mol. The normalized spacial score (nSPS) is 13.4. The molecule has 2 rings (SSSR count). The van der Waals surface area contributed by atoms with Crippen LogP contribution in [-0.4, -0.2) is 30.0 Å². The Labute approximate surface area is 120 Å². The van der Waals surface area contributed by atoms with E-state index in [4.69, 9.17) is 8.83 Å². The first-order valence-electron chi connectivity index (χ1n) is 6.43. The molecule has 0 saturated carbocycles. The first-order valence-corrected chi connectivity index (χ1v) is 6.43. The molecular weight excluding hydrogens is 276 g/mol. The minimum Gasteiger partial charge on any atom is -0.472 e. The van der Waals surface area contributed by atoms with Crippen molar-refractivity contribution in [3.8, 4) is 0 Å². The molecule has 7 heteroatoms. The summed E-state index contributed by atoms with van der Waals surface area (Å²) in [4.78, 5) is 23.0. The fourth-order valence-electron chi connectivity index (χ4n) is 1.87. The first kappa shape index (κ1) is 14.9.